The van der Waals surface area contributed by atoms with Gasteiger partial charge < -0.3 is 15.4 Å². The molecule has 2 N–H and O–H groups in total. The van der Waals surface area contributed by atoms with Crippen LogP contribution in [0, 0.1) is 0 Å². The predicted octanol–water partition coefficient (Wildman–Crippen LogP) is 4.61. The summed E-state index contributed by atoms with van der Waals surface area (Å²) in [7, 11) is 0. The summed E-state index contributed by atoms with van der Waals surface area (Å²) >= 11 is 1.59. The molecule has 164 valence electrons. The minimum absolute atomic E-state index is 0.0933. The van der Waals surface area contributed by atoms with E-state index in [0.717, 1.165) is 21.9 Å². The Bertz CT molecular complexity index is 1180. The Morgan fingerprint density at radius 2 is 1.94 bits per heavy atom. The summed E-state index contributed by atoms with van der Waals surface area (Å²) in [6.07, 6.45) is 4.82. The molecule has 2 aromatic carbocycles. The lowest BCUT2D eigenvalue weighted by atomic mass is 10.1. The van der Waals surface area contributed by atoms with Gasteiger partial charge >= 0.3 is 0 Å². The Morgan fingerprint density at radius 3 is 2.72 bits per heavy atom. The first kappa shape index (κ1) is 21.6. The van der Waals surface area contributed by atoms with Crippen molar-refractivity contribution < 1.29 is 14.3 Å². The molecule has 0 aliphatic rings. The van der Waals surface area contributed by atoms with Gasteiger partial charge in [-0.15, -0.1) is 11.3 Å². The van der Waals surface area contributed by atoms with E-state index in [0.29, 0.717) is 37.3 Å². The second-order valence-electron chi connectivity index (χ2n) is 7.13. The number of hydrogen-bond donors (Lipinski definition) is 2. The first-order valence-corrected chi connectivity index (χ1v) is 11.3. The first-order valence-electron chi connectivity index (χ1n) is 10.5. The van der Waals surface area contributed by atoms with Gasteiger partial charge in [0.2, 0.25) is 5.91 Å². The summed E-state index contributed by atoms with van der Waals surface area (Å²) in [5, 5.41) is 7.73. The molecule has 7 nitrogen and oxygen atoms in total. The second kappa shape index (κ2) is 10.1. The van der Waals surface area contributed by atoms with Crippen LogP contribution in [0.15, 0.2) is 66.3 Å². The zero-order chi connectivity index (χ0) is 22.3. The molecule has 4 aromatic rings. The van der Waals surface area contributed by atoms with Crippen molar-refractivity contribution in [1.82, 2.24) is 14.7 Å². The van der Waals surface area contributed by atoms with Crippen molar-refractivity contribution in [2.75, 3.05) is 18.5 Å². The number of anilines is 1. The number of carbonyl (C=O) groups excluding carboxylic acids is 2. The topological polar surface area (TPSA) is 84.7 Å². The zero-order valence-electron chi connectivity index (χ0n) is 17.7. The third kappa shape index (κ3) is 5.15. The highest BCUT2D eigenvalue weighted by molar-refractivity contribution is 7.15. The monoisotopic (exact) mass is 448 g/mol. The Balaban J connectivity index is 1.23. The molecule has 0 saturated carbocycles. The fourth-order valence-corrected chi connectivity index (χ4v) is 4.00. The molecule has 0 radical (unpaired) electrons. The van der Waals surface area contributed by atoms with Crippen molar-refractivity contribution in [2.24, 2.45) is 0 Å². The predicted molar refractivity (Wildman–Crippen MR) is 126 cm³/mol. The van der Waals surface area contributed by atoms with Crippen molar-refractivity contribution >= 4 is 33.8 Å². The number of amides is 2. The van der Waals surface area contributed by atoms with Gasteiger partial charge in [-0.3, -0.25) is 14.0 Å². The van der Waals surface area contributed by atoms with E-state index < -0.39 is 0 Å². The average Bonchev–Trinajstić information content (AvgIpc) is 3.40. The first-order chi connectivity index (χ1) is 15.6. The van der Waals surface area contributed by atoms with E-state index in [4.69, 9.17) is 4.74 Å². The fraction of sp³-hybridized carbons (Fsp3) is 0.208. The number of para-hydroxylation sites is 1. The minimum Gasteiger partial charge on any atom is -0.493 e. The van der Waals surface area contributed by atoms with Gasteiger partial charge in [0.25, 0.3) is 5.91 Å². The molecule has 0 fully saturated rings. The summed E-state index contributed by atoms with van der Waals surface area (Å²) in [6, 6.07) is 14.7. The number of nitrogens with one attached hydrogen (secondary N) is 2. The summed E-state index contributed by atoms with van der Waals surface area (Å²) < 4.78 is 7.48. The normalized spacial score (nSPS) is 10.8. The Hall–Kier alpha value is -3.65. The maximum Gasteiger partial charge on any atom is 0.255 e. The molecule has 4 rings (SSSR count). The Kier molecular flexibility index (Phi) is 6.81. The molecular formula is C24H24N4O3S. The lowest BCUT2D eigenvalue weighted by Crippen LogP contribution is -2.26. The third-order valence-electron chi connectivity index (χ3n) is 4.86. The molecule has 2 amide bonds. The highest BCUT2D eigenvalue weighted by atomic mass is 32.1. The summed E-state index contributed by atoms with van der Waals surface area (Å²) in [6.45, 7) is 2.77. The van der Waals surface area contributed by atoms with Crippen LogP contribution in [0.5, 0.6) is 5.75 Å². The average molecular weight is 449 g/mol. The van der Waals surface area contributed by atoms with Crippen molar-refractivity contribution in [2.45, 2.75) is 19.8 Å². The number of rotatable bonds is 9. The summed E-state index contributed by atoms with van der Waals surface area (Å²) in [5.74, 6) is 0.262. The van der Waals surface area contributed by atoms with Gasteiger partial charge in [-0.05, 0) is 37.6 Å². The number of hydrogen-bond acceptors (Lipinski definition) is 5. The lowest BCUT2D eigenvalue weighted by molar-refractivity contribution is -0.116. The fourth-order valence-electron chi connectivity index (χ4n) is 3.30. The highest BCUT2D eigenvalue weighted by Gasteiger charge is 2.12. The highest BCUT2D eigenvalue weighted by Crippen LogP contribution is 2.23. The number of ether oxygens (including phenoxy) is 1. The largest absolute Gasteiger partial charge is 0.493 e. The lowest BCUT2D eigenvalue weighted by Gasteiger charge is -2.10. The maximum absolute atomic E-state index is 12.4. The van der Waals surface area contributed by atoms with Gasteiger partial charge in [0.05, 0.1) is 17.9 Å². The van der Waals surface area contributed by atoms with Crippen LogP contribution >= 0.6 is 11.3 Å². The number of imidazole rings is 1. The second-order valence-corrected chi connectivity index (χ2v) is 8.01. The van der Waals surface area contributed by atoms with Crippen molar-refractivity contribution in [1.29, 1.82) is 0 Å². The van der Waals surface area contributed by atoms with Crippen LogP contribution in [0.4, 0.5) is 5.69 Å². The number of carbonyl (C=O) groups is 2. The van der Waals surface area contributed by atoms with E-state index in [1.807, 2.05) is 59.4 Å². The van der Waals surface area contributed by atoms with Crippen molar-refractivity contribution in [3.63, 3.8) is 0 Å². The van der Waals surface area contributed by atoms with Crippen LogP contribution in [0.3, 0.4) is 0 Å². The van der Waals surface area contributed by atoms with E-state index in [-0.39, 0.29) is 11.8 Å². The molecule has 8 heteroatoms. The Morgan fingerprint density at radius 1 is 1.12 bits per heavy atom. The van der Waals surface area contributed by atoms with Crippen molar-refractivity contribution in [3.05, 3.63) is 71.9 Å². The number of aromatic nitrogens is 2. The Labute approximate surface area is 190 Å². The number of benzene rings is 2. The van der Waals surface area contributed by atoms with Crippen LogP contribution in [0.1, 0.15) is 30.1 Å². The van der Waals surface area contributed by atoms with Gasteiger partial charge in [-0.2, -0.15) is 0 Å². The standard InChI is InChI=1S/C24H24N4O3S/c1-2-31-21-7-4-3-6-19(21)23(30)25-13-5-8-22(29)26-18-11-9-17(10-12-18)20-16-28-14-15-32-24(28)27-20/h3-4,6-7,9-12,14-16H,2,5,8,13H2,1H3,(H,25,30)(H,26,29). The minimum atomic E-state index is -0.204. The van der Waals surface area contributed by atoms with Gasteiger partial charge in [0, 0.05) is 42.0 Å². The van der Waals surface area contributed by atoms with Crippen LogP contribution in [-0.2, 0) is 4.79 Å². The molecule has 32 heavy (non-hydrogen) atoms. The van der Waals surface area contributed by atoms with Gasteiger partial charge in [0.15, 0.2) is 4.96 Å². The third-order valence-corrected chi connectivity index (χ3v) is 5.63. The number of thiazole rings is 1. The van der Waals surface area contributed by atoms with Gasteiger partial charge in [-0.1, -0.05) is 24.3 Å². The smallest absolute Gasteiger partial charge is 0.255 e. The van der Waals surface area contributed by atoms with E-state index in [1.54, 1.807) is 29.5 Å². The van der Waals surface area contributed by atoms with E-state index in [9.17, 15) is 9.59 Å². The molecule has 0 atom stereocenters. The molecule has 0 bridgehead atoms. The number of nitrogens with zero attached hydrogens (tertiary/aromatic N) is 2. The molecule has 0 aliphatic heterocycles. The molecule has 2 aromatic heterocycles. The molecule has 2 heterocycles. The van der Waals surface area contributed by atoms with E-state index in [1.165, 1.54) is 0 Å². The van der Waals surface area contributed by atoms with E-state index in [2.05, 4.69) is 15.6 Å². The summed E-state index contributed by atoms with van der Waals surface area (Å²) in [5.41, 5.74) is 3.12. The van der Waals surface area contributed by atoms with E-state index >= 15 is 0 Å². The quantitative estimate of drug-likeness (QED) is 0.366. The van der Waals surface area contributed by atoms with Gasteiger partial charge in [-0.25, -0.2) is 4.98 Å². The van der Waals surface area contributed by atoms with Crippen LogP contribution in [-0.4, -0.2) is 34.4 Å². The summed E-state index contributed by atoms with van der Waals surface area (Å²) in [4.78, 5) is 30.1. The SMILES string of the molecule is CCOc1ccccc1C(=O)NCCCC(=O)Nc1ccc(-c2cn3ccsc3n2)cc1. The van der Waals surface area contributed by atoms with Crippen LogP contribution in [0.2, 0.25) is 0 Å². The number of fused-ring (bicyclic) bond motifs is 1. The van der Waals surface area contributed by atoms with Gasteiger partial charge in [0.1, 0.15) is 5.75 Å². The van der Waals surface area contributed by atoms with Crippen LogP contribution in [0.25, 0.3) is 16.2 Å². The van der Waals surface area contributed by atoms with Crippen LogP contribution < -0.4 is 15.4 Å². The maximum atomic E-state index is 12.4. The zero-order valence-corrected chi connectivity index (χ0v) is 18.5. The molecule has 0 aliphatic carbocycles. The molecule has 0 unspecified atom stereocenters. The molecular weight excluding hydrogens is 424 g/mol. The van der Waals surface area contributed by atoms with Crippen molar-refractivity contribution in [3.8, 4) is 17.0 Å². The molecule has 0 saturated heterocycles. The molecule has 0 spiro atoms.